The van der Waals surface area contributed by atoms with Crippen molar-refractivity contribution < 1.29 is 19.1 Å². The number of carbonyl (C=O) groups is 2. The zero-order valence-electron chi connectivity index (χ0n) is 12.6. The molecule has 2 heterocycles. The molecule has 6 heteroatoms. The van der Waals surface area contributed by atoms with Gasteiger partial charge in [0.05, 0.1) is 18.4 Å². The number of carboxylic acid groups (broad SMARTS) is 1. The molecule has 1 N–H and O–H groups in total. The van der Waals surface area contributed by atoms with Crippen LogP contribution in [-0.4, -0.2) is 32.9 Å². The highest BCUT2D eigenvalue weighted by molar-refractivity contribution is 5.95. The van der Waals surface area contributed by atoms with Gasteiger partial charge in [-0.3, -0.25) is 4.79 Å². The van der Waals surface area contributed by atoms with Crippen molar-refractivity contribution in [3.05, 3.63) is 53.7 Å². The number of aromatic carboxylic acids is 1. The fourth-order valence-corrected chi connectivity index (χ4v) is 2.97. The van der Waals surface area contributed by atoms with Crippen LogP contribution in [0.4, 0.5) is 0 Å². The van der Waals surface area contributed by atoms with Crippen molar-refractivity contribution >= 4 is 11.9 Å². The van der Waals surface area contributed by atoms with Crippen LogP contribution in [0.3, 0.4) is 0 Å². The van der Waals surface area contributed by atoms with E-state index in [1.54, 1.807) is 12.3 Å². The molecule has 23 heavy (non-hydrogen) atoms. The van der Waals surface area contributed by atoms with Crippen molar-refractivity contribution in [3.8, 4) is 0 Å². The van der Waals surface area contributed by atoms with E-state index < -0.39 is 5.97 Å². The molecule has 120 valence electrons. The maximum Gasteiger partial charge on any atom is 0.354 e. The van der Waals surface area contributed by atoms with E-state index in [9.17, 15) is 9.59 Å². The summed E-state index contributed by atoms with van der Waals surface area (Å²) in [5.74, 6) is -0.509. The Hall–Kier alpha value is -2.63. The SMILES string of the molecule is O=C(O)c1ccc(C(=O)N(Cc2ccco2)C2CCCC2)cn1. The van der Waals surface area contributed by atoms with Gasteiger partial charge in [-0.2, -0.15) is 0 Å². The summed E-state index contributed by atoms with van der Waals surface area (Å²) in [6, 6.07) is 6.71. The second-order valence-electron chi connectivity index (χ2n) is 5.69. The molecule has 1 saturated carbocycles. The number of carboxylic acids is 1. The van der Waals surface area contributed by atoms with Crippen molar-refractivity contribution in [2.45, 2.75) is 38.3 Å². The third kappa shape index (κ3) is 3.41. The second-order valence-corrected chi connectivity index (χ2v) is 5.69. The van der Waals surface area contributed by atoms with Gasteiger partial charge < -0.3 is 14.4 Å². The predicted octanol–water partition coefficient (Wildman–Crippen LogP) is 2.96. The minimum absolute atomic E-state index is 0.0694. The van der Waals surface area contributed by atoms with Crippen LogP contribution in [0.2, 0.25) is 0 Å². The Morgan fingerprint density at radius 3 is 2.61 bits per heavy atom. The molecule has 2 aromatic heterocycles. The number of amides is 1. The lowest BCUT2D eigenvalue weighted by Gasteiger charge is -2.28. The number of furan rings is 1. The first kappa shape index (κ1) is 15.3. The lowest BCUT2D eigenvalue weighted by molar-refractivity contribution is 0.0643. The summed E-state index contributed by atoms with van der Waals surface area (Å²) in [7, 11) is 0. The summed E-state index contributed by atoms with van der Waals surface area (Å²) < 4.78 is 5.37. The zero-order valence-corrected chi connectivity index (χ0v) is 12.6. The van der Waals surface area contributed by atoms with Gasteiger partial charge in [0.25, 0.3) is 5.91 Å². The van der Waals surface area contributed by atoms with Crippen molar-refractivity contribution in [2.75, 3.05) is 0 Å². The maximum absolute atomic E-state index is 12.8. The molecule has 0 radical (unpaired) electrons. The first-order valence-electron chi connectivity index (χ1n) is 7.68. The highest BCUT2D eigenvalue weighted by Gasteiger charge is 2.28. The Morgan fingerprint density at radius 1 is 1.26 bits per heavy atom. The van der Waals surface area contributed by atoms with Gasteiger partial charge in [-0.15, -0.1) is 0 Å². The van der Waals surface area contributed by atoms with Gasteiger partial charge in [0.1, 0.15) is 11.5 Å². The predicted molar refractivity (Wildman–Crippen MR) is 82.0 cm³/mol. The Labute approximate surface area is 133 Å². The molecule has 1 fully saturated rings. The molecule has 0 aliphatic heterocycles. The Morgan fingerprint density at radius 2 is 2.04 bits per heavy atom. The molecule has 1 amide bonds. The highest BCUT2D eigenvalue weighted by atomic mass is 16.4. The third-order valence-electron chi connectivity index (χ3n) is 4.16. The number of pyridine rings is 1. The zero-order chi connectivity index (χ0) is 16.2. The monoisotopic (exact) mass is 314 g/mol. The van der Waals surface area contributed by atoms with Crippen LogP contribution >= 0.6 is 0 Å². The second kappa shape index (κ2) is 6.64. The van der Waals surface area contributed by atoms with Gasteiger partial charge in [0, 0.05) is 12.2 Å². The molecular weight excluding hydrogens is 296 g/mol. The van der Waals surface area contributed by atoms with Gasteiger partial charge in [0.15, 0.2) is 0 Å². The van der Waals surface area contributed by atoms with Crippen LogP contribution in [0.25, 0.3) is 0 Å². The number of hydrogen-bond acceptors (Lipinski definition) is 4. The van der Waals surface area contributed by atoms with E-state index >= 15 is 0 Å². The van der Waals surface area contributed by atoms with E-state index in [0.29, 0.717) is 12.1 Å². The van der Waals surface area contributed by atoms with Gasteiger partial charge >= 0.3 is 5.97 Å². The van der Waals surface area contributed by atoms with Crippen molar-refractivity contribution in [2.24, 2.45) is 0 Å². The van der Waals surface area contributed by atoms with Crippen molar-refractivity contribution in [3.63, 3.8) is 0 Å². The Balaban J connectivity index is 1.82. The third-order valence-corrected chi connectivity index (χ3v) is 4.16. The summed E-state index contributed by atoms with van der Waals surface area (Å²) in [5, 5.41) is 8.90. The van der Waals surface area contributed by atoms with Crippen LogP contribution in [0.15, 0.2) is 41.1 Å². The van der Waals surface area contributed by atoms with Crippen LogP contribution < -0.4 is 0 Å². The molecule has 0 saturated heterocycles. The number of aromatic nitrogens is 1. The van der Waals surface area contributed by atoms with Crippen molar-refractivity contribution in [1.82, 2.24) is 9.88 Å². The van der Waals surface area contributed by atoms with Gasteiger partial charge in [-0.05, 0) is 37.1 Å². The average Bonchev–Trinajstić information content (AvgIpc) is 3.25. The smallest absolute Gasteiger partial charge is 0.354 e. The fraction of sp³-hybridized carbons (Fsp3) is 0.353. The van der Waals surface area contributed by atoms with Crippen molar-refractivity contribution in [1.29, 1.82) is 0 Å². The Bertz CT molecular complexity index is 673. The lowest BCUT2D eigenvalue weighted by atomic mass is 10.1. The molecule has 0 unspecified atom stereocenters. The minimum Gasteiger partial charge on any atom is -0.477 e. The van der Waals surface area contributed by atoms with E-state index in [1.807, 2.05) is 11.0 Å². The molecule has 0 bridgehead atoms. The molecule has 2 aromatic rings. The molecule has 0 spiro atoms. The molecule has 3 rings (SSSR count). The maximum atomic E-state index is 12.8. The first-order chi connectivity index (χ1) is 11.1. The van der Waals surface area contributed by atoms with Crippen LogP contribution in [-0.2, 0) is 6.54 Å². The quantitative estimate of drug-likeness (QED) is 0.917. The lowest BCUT2D eigenvalue weighted by Crippen LogP contribution is -2.38. The summed E-state index contributed by atoms with van der Waals surface area (Å²) in [6.45, 7) is 0.414. The van der Waals surface area contributed by atoms with Crippen LogP contribution in [0.1, 0.15) is 52.3 Å². The summed E-state index contributed by atoms with van der Waals surface area (Å²) in [6.07, 6.45) is 7.11. The van der Waals surface area contributed by atoms with Gasteiger partial charge in [-0.1, -0.05) is 12.8 Å². The van der Waals surface area contributed by atoms with Gasteiger partial charge in [-0.25, -0.2) is 9.78 Å². The van der Waals surface area contributed by atoms with E-state index in [0.717, 1.165) is 31.4 Å². The highest BCUT2D eigenvalue weighted by Crippen LogP contribution is 2.26. The summed E-state index contributed by atoms with van der Waals surface area (Å²) >= 11 is 0. The Kier molecular flexibility index (Phi) is 4.41. The van der Waals surface area contributed by atoms with Crippen LogP contribution in [0.5, 0.6) is 0 Å². The molecular formula is C17H18N2O4. The van der Waals surface area contributed by atoms with Crippen LogP contribution in [0, 0.1) is 0 Å². The number of carbonyl (C=O) groups excluding carboxylic acids is 1. The topological polar surface area (TPSA) is 83.6 Å². The first-order valence-corrected chi connectivity index (χ1v) is 7.68. The van der Waals surface area contributed by atoms with E-state index in [4.69, 9.17) is 9.52 Å². The molecule has 1 aliphatic carbocycles. The summed E-state index contributed by atoms with van der Waals surface area (Å²) in [5.41, 5.74) is 0.327. The average molecular weight is 314 g/mol. The summed E-state index contributed by atoms with van der Waals surface area (Å²) in [4.78, 5) is 29.3. The molecule has 6 nitrogen and oxygen atoms in total. The normalized spacial score (nSPS) is 14.8. The minimum atomic E-state index is -1.10. The molecule has 0 aromatic carbocycles. The number of hydrogen-bond donors (Lipinski definition) is 1. The number of rotatable bonds is 5. The van der Waals surface area contributed by atoms with Gasteiger partial charge in [0.2, 0.25) is 0 Å². The fourth-order valence-electron chi connectivity index (χ4n) is 2.97. The molecule has 0 atom stereocenters. The van der Waals surface area contributed by atoms with E-state index in [2.05, 4.69) is 4.98 Å². The standard InChI is InChI=1S/C17H18N2O4/c20-16(12-7-8-15(17(21)22)18-10-12)19(13-4-1-2-5-13)11-14-6-3-9-23-14/h3,6-10,13H,1-2,4-5,11H2,(H,21,22). The van der Waals surface area contributed by atoms with E-state index in [1.165, 1.54) is 18.3 Å². The molecule has 1 aliphatic rings. The number of nitrogens with zero attached hydrogens (tertiary/aromatic N) is 2. The largest absolute Gasteiger partial charge is 0.477 e. The van der Waals surface area contributed by atoms with E-state index in [-0.39, 0.29) is 17.6 Å².